The van der Waals surface area contributed by atoms with E-state index in [0.29, 0.717) is 18.5 Å². The maximum Gasteiger partial charge on any atom is 0.405 e. The molecule has 7 nitrogen and oxygen atoms in total. The molecule has 0 bridgehead atoms. The standard InChI is InChI=1S/C29H26F3N3O4/c1-28(2,27(38)39)13-12-18-8-10-19(11-9-18)20-5-3-6-21(15-20)35-16-23(26(37)34-17-29(30,31)32)24(36)22-7-4-14-33-25(22)35/h3-11,14-16H,12-13,17H2,1-2H3,(H,34,37)(H,38,39). The predicted octanol–water partition coefficient (Wildman–Crippen LogP) is 5.39. The molecule has 0 radical (unpaired) electrons. The normalized spacial score (nSPS) is 11.9. The van der Waals surface area contributed by atoms with Crippen LogP contribution in [0.15, 0.2) is 77.9 Å². The van der Waals surface area contributed by atoms with Gasteiger partial charge in [0.25, 0.3) is 5.91 Å². The Morgan fingerprint density at radius 3 is 2.38 bits per heavy atom. The molecule has 2 heterocycles. The highest BCUT2D eigenvalue weighted by atomic mass is 19.4. The number of pyridine rings is 2. The quantitative estimate of drug-likeness (QED) is 0.314. The fraction of sp³-hybridized carbons (Fsp3) is 0.241. The number of carbonyl (C=O) groups excluding carboxylic acids is 1. The molecule has 202 valence electrons. The van der Waals surface area contributed by atoms with Crippen LogP contribution >= 0.6 is 0 Å². The van der Waals surface area contributed by atoms with Crippen LogP contribution in [-0.4, -0.2) is 39.3 Å². The summed E-state index contributed by atoms with van der Waals surface area (Å²) in [6.07, 6.45) is -0.842. The number of aryl methyl sites for hydroxylation is 1. The van der Waals surface area contributed by atoms with Crippen molar-refractivity contribution in [3.05, 3.63) is 94.4 Å². The number of hydrogen-bond donors (Lipinski definition) is 2. The van der Waals surface area contributed by atoms with Crippen LogP contribution < -0.4 is 10.7 Å². The van der Waals surface area contributed by atoms with Crippen LogP contribution in [-0.2, 0) is 11.2 Å². The second-order valence-electron chi connectivity index (χ2n) is 9.85. The van der Waals surface area contributed by atoms with Crippen molar-refractivity contribution in [2.24, 2.45) is 5.41 Å². The number of rotatable bonds is 8. The highest BCUT2D eigenvalue weighted by Gasteiger charge is 2.29. The Morgan fingerprint density at radius 2 is 1.72 bits per heavy atom. The Bertz CT molecular complexity index is 1590. The molecule has 0 aliphatic heterocycles. The molecule has 1 amide bonds. The Balaban J connectivity index is 1.68. The maximum atomic E-state index is 12.9. The monoisotopic (exact) mass is 537 g/mol. The first-order chi connectivity index (χ1) is 18.4. The molecule has 2 N–H and O–H groups in total. The van der Waals surface area contributed by atoms with Crippen LogP contribution in [0.3, 0.4) is 0 Å². The molecule has 0 fully saturated rings. The number of aromatic nitrogens is 2. The average molecular weight is 538 g/mol. The average Bonchev–Trinajstić information content (AvgIpc) is 2.91. The van der Waals surface area contributed by atoms with Crippen LogP contribution in [0.25, 0.3) is 27.8 Å². The third-order valence-electron chi connectivity index (χ3n) is 6.49. The van der Waals surface area contributed by atoms with Crippen molar-refractivity contribution in [2.45, 2.75) is 32.9 Å². The highest BCUT2D eigenvalue weighted by molar-refractivity contribution is 5.97. The van der Waals surface area contributed by atoms with Crippen LogP contribution in [0.1, 0.15) is 36.2 Å². The van der Waals surface area contributed by atoms with Crippen molar-refractivity contribution in [1.29, 1.82) is 0 Å². The Morgan fingerprint density at radius 1 is 1.00 bits per heavy atom. The topological polar surface area (TPSA) is 101 Å². The number of benzene rings is 2. The van der Waals surface area contributed by atoms with Gasteiger partial charge in [0.2, 0.25) is 5.43 Å². The number of halogens is 3. The van der Waals surface area contributed by atoms with E-state index in [2.05, 4.69) is 4.98 Å². The lowest BCUT2D eigenvalue weighted by Gasteiger charge is -2.18. The fourth-order valence-electron chi connectivity index (χ4n) is 4.06. The lowest BCUT2D eigenvalue weighted by atomic mass is 9.86. The molecule has 0 saturated carbocycles. The van der Waals surface area contributed by atoms with Gasteiger partial charge in [-0.25, -0.2) is 4.98 Å². The fourth-order valence-corrected chi connectivity index (χ4v) is 4.06. The minimum absolute atomic E-state index is 0.0937. The molecule has 39 heavy (non-hydrogen) atoms. The Labute approximate surface area is 221 Å². The lowest BCUT2D eigenvalue weighted by Crippen LogP contribution is -2.36. The largest absolute Gasteiger partial charge is 0.481 e. The minimum atomic E-state index is -4.62. The molecule has 4 rings (SSSR count). The summed E-state index contributed by atoms with van der Waals surface area (Å²) >= 11 is 0. The van der Waals surface area contributed by atoms with Gasteiger partial charge < -0.3 is 15.0 Å². The smallest absolute Gasteiger partial charge is 0.405 e. The zero-order valence-electron chi connectivity index (χ0n) is 21.2. The van der Waals surface area contributed by atoms with Gasteiger partial charge in [-0.05, 0) is 67.6 Å². The molecular weight excluding hydrogens is 511 g/mol. The van der Waals surface area contributed by atoms with Crippen molar-refractivity contribution in [3.63, 3.8) is 0 Å². The first-order valence-corrected chi connectivity index (χ1v) is 12.1. The second kappa shape index (κ2) is 10.7. The summed E-state index contributed by atoms with van der Waals surface area (Å²) in [7, 11) is 0. The SMILES string of the molecule is CC(C)(CCc1ccc(-c2cccc(-n3cc(C(=O)NCC(F)(F)F)c(=O)c4cccnc43)c2)cc1)C(=O)O. The number of hydrogen-bond acceptors (Lipinski definition) is 4. The lowest BCUT2D eigenvalue weighted by molar-refractivity contribution is -0.147. The van der Waals surface area contributed by atoms with E-state index < -0.39 is 41.0 Å². The summed E-state index contributed by atoms with van der Waals surface area (Å²) in [5.74, 6) is -1.98. The number of carbonyl (C=O) groups is 2. The van der Waals surface area contributed by atoms with Crippen molar-refractivity contribution < 1.29 is 27.9 Å². The summed E-state index contributed by atoms with van der Waals surface area (Å²) in [4.78, 5) is 41.1. The van der Waals surface area contributed by atoms with Crippen molar-refractivity contribution in [1.82, 2.24) is 14.9 Å². The van der Waals surface area contributed by atoms with Crippen molar-refractivity contribution >= 4 is 22.9 Å². The summed E-state index contributed by atoms with van der Waals surface area (Å²) < 4.78 is 39.5. The Kier molecular flexibility index (Phi) is 7.58. The maximum absolute atomic E-state index is 12.9. The number of fused-ring (bicyclic) bond motifs is 1. The van der Waals surface area contributed by atoms with E-state index in [-0.39, 0.29) is 11.0 Å². The van der Waals surface area contributed by atoms with Crippen molar-refractivity contribution in [3.8, 4) is 16.8 Å². The zero-order valence-corrected chi connectivity index (χ0v) is 21.2. The molecule has 0 aliphatic carbocycles. The zero-order chi connectivity index (χ0) is 28.4. The molecule has 4 aromatic rings. The van der Waals surface area contributed by atoms with E-state index in [1.165, 1.54) is 29.1 Å². The summed E-state index contributed by atoms with van der Waals surface area (Å²) in [6.45, 7) is 1.82. The molecule has 0 spiro atoms. The summed E-state index contributed by atoms with van der Waals surface area (Å²) in [5.41, 5.74) is 1.51. The van der Waals surface area contributed by atoms with Gasteiger partial charge in [0, 0.05) is 18.1 Å². The highest BCUT2D eigenvalue weighted by Crippen LogP contribution is 2.27. The van der Waals surface area contributed by atoms with E-state index in [4.69, 9.17) is 0 Å². The van der Waals surface area contributed by atoms with Gasteiger partial charge in [-0.3, -0.25) is 14.4 Å². The third-order valence-corrected chi connectivity index (χ3v) is 6.49. The van der Waals surface area contributed by atoms with Gasteiger partial charge in [0.05, 0.1) is 10.8 Å². The van der Waals surface area contributed by atoms with Gasteiger partial charge in [0.15, 0.2) is 0 Å². The number of nitrogens with zero attached hydrogens (tertiary/aromatic N) is 2. The van der Waals surface area contributed by atoms with E-state index in [1.807, 2.05) is 36.4 Å². The van der Waals surface area contributed by atoms with E-state index in [1.54, 1.807) is 31.3 Å². The molecule has 0 aliphatic rings. The molecule has 2 aromatic heterocycles. The summed E-state index contributed by atoms with van der Waals surface area (Å²) in [5, 5.41) is 11.2. The van der Waals surface area contributed by atoms with Crippen molar-refractivity contribution in [2.75, 3.05) is 6.54 Å². The van der Waals surface area contributed by atoms with E-state index in [9.17, 15) is 32.7 Å². The number of carboxylic acid groups (broad SMARTS) is 1. The van der Waals surface area contributed by atoms with Crippen LogP contribution in [0.5, 0.6) is 0 Å². The third kappa shape index (κ3) is 6.34. The minimum Gasteiger partial charge on any atom is -0.481 e. The Hall–Kier alpha value is -4.47. The summed E-state index contributed by atoms with van der Waals surface area (Å²) in [6, 6.07) is 17.9. The number of amides is 1. The van der Waals surface area contributed by atoms with Gasteiger partial charge in [-0.15, -0.1) is 0 Å². The van der Waals surface area contributed by atoms with Gasteiger partial charge in [-0.1, -0.05) is 36.4 Å². The first-order valence-electron chi connectivity index (χ1n) is 12.1. The van der Waals surface area contributed by atoms with Crippen LogP contribution in [0, 0.1) is 5.41 Å². The molecule has 0 atom stereocenters. The van der Waals surface area contributed by atoms with Crippen LogP contribution in [0.4, 0.5) is 13.2 Å². The molecule has 2 aromatic carbocycles. The van der Waals surface area contributed by atoms with Gasteiger partial charge >= 0.3 is 12.1 Å². The number of aliphatic carboxylic acids is 1. The number of alkyl halides is 3. The van der Waals surface area contributed by atoms with Crippen LogP contribution in [0.2, 0.25) is 0 Å². The number of nitrogens with one attached hydrogen (secondary N) is 1. The predicted molar refractivity (Wildman–Crippen MR) is 141 cm³/mol. The molecule has 0 unspecified atom stereocenters. The molecule has 10 heteroatoms. The molecular formula is C29H26F3N3O4. The van der Waals surface area contributed by atoms with Gasteiger partial charge in [0.1, 0.15) is 17.8 Å². The molecule has 0 saturated heterocycles. The second-order valence-corrected chi connectivity index (χ2v) is 9.85. The first kappa shape index (κ1) is 27.6. The van der Waals surface area contributed by atoms with E-state index in [0.717, 1.165) is 16.7 Å². The number of carboxylic acids is 1. The van der Waals surface area contributed by atoms with Gasteiger partial charge in [-0.2, -0.15) is 13.2 Å². The van der Waals surface area contributed by atoms with E-state index >= 15 is 0 Å².